The predicted octanol–water partition coefficient (Wildman–Crippen LogP) is 4.08. The van der Waals surface area contributed by atoms with Crippen LogP contribution in [0.2, 0.25) is 5.02 Å². The summed E-state index contributed by atoms with van der Waals surface area (Å²) in [4.78, 5) is 3.94. The van der Waals surface area contributed by atoms with Gasteiger partial charge < -0.3 is 19.9 Å². The fourth-order valence-corrected chi connectivity index (χ4v) is 3.25. The Morgan fingerprint density at radius 3 is 2.85 bits per heavy atom. The van der Waals surface area contributed by atoms with Crippen molar-refractivity contribution in [3.8, 4) is 11.5 Å². The lowest BCUT2D eigenvalue weighted by atomic mass is 10.1. The molecule has 1 aromatic heterocycles. The summed E-state index contributed by atoms with van der Waals surface area (Å²) in [5, 5.41) is 14.2. The minimum absolute atomic E-state index is 0.0539. The standard InChI is InChI=1S/C19H15ClF2N2O3/c20-13-5-10(6-17-19(13)27-4-3-26-17)16(25)9-24-15-1-2-23-18-12(15)7-11(21)8-14(18)22/h1-2,5-8,16,25H,3-4,9H2,(H,23,24). The van der Waals surface area contributed by atoms with Gasteiger partial charge >= 0.3 is 0 Å². The van der Waals surface area contributed by atoms with Crippen molar-refractivity contribution in [1.82, 2.24) is 4.98 Å². The van der Waals surface area contributed by atoms with Crippen LogP contribution in [0, 0.1) is 11.6 Å². The van der Waals surface area contributed by atoms with Crippen molar-refractivity contribution in [2.24, 2.45) is 0 Å². The number of aliphatic hydroxyl groups is 1. The number of hydrogen-bond acceptors (Lipinski definition) is 5. The van der Waals surface area contributed by atoms with Crippen LogP contribution in [0.4, 0.5) is 14.5 Å². The van der Waals surface area contributed by atoms with Gasteiger partial charge in [-0.25, -0.2) is 8.78 Å². The van der Waals surface area contributed by atoms with Crippen LogP contribution >= 0.6 is 11.6 Å². The number of fused-ring (bicyclic) bond motifs is 2. The predicted molar refractivity (Wildman–Crippen MR) is 97.6 cm³/mol. The highest BCUT2D eigenvalue weighted by atomic mass is 35.5. The number of hydrogen-bond donors (Lipinski definition) is 2. The molecule has 1 aliphatic heterocycles. The molecule has 27 heavy (non-hydrogen) atoms. The van der Waals surface area contributed by atoms with Gasteiger partial charge in [0.15, 0.2) is 17.3 Å². The van der Waals surface area contributed by atoms with Crippen molar-refractivity contribution in [3.05, 3.63) is 58.7 Å². The van der Waals surface area contributed by atoms with Crippen LogP contribution in [-0.4, -0.2) is 29.8 Å². The normalized spacial score (nSPS) is 14.2. The van der Waals surface area contributed by atoms with Crippen molar-refractivity contribution in [2.45, 2.75) is 6.10 Å². The van der Waals surface area contributed by atoms with Gasteiger partial charge in [0.1, 0.15) is 24.5 Å². The molecule has 140 valence electrons. The number of benzene rings is 2. The Morgan fingerprint density at radius 2 is 2.00 bits per heavy atom. The molecule has 2 N–H and O–H groups in total. The molecule has 2 heterocycles. The molecule has 8 heteroatoms. The summed E-state index contributed by atoms with van der Waals surface area (Å²) in [7, 11) is 0. The van der Waals surface area contributed by atoms with E-state index in [2.05, 4.69) is 10.3 Å². The Hall–Kier alpha value is -2.64. The van der Waals surface area contributed by atoms with Crippen LogP contribution < -0.4 is 14.8 Å². The van der Waals surface area contributed by atoms with Gasteiger partial charge in [0.2, 0.25) is 0 Å². The number of anilines is 1. The number of halogens is 3. The number of rotatable bonds is 4. The van der Waals surface area contributed by atoms with E-state index >= 15 is 0 Å². The zero-order chi connectivity index (χ0) is 19.0. The second kappa shape index (κ2) is 7.17. The van der Waals surface area contributed by atoms with E-state index in [1.165, 1.54) is 12.3 Å². The summed E-state index contributed by atoms with van der Waals surface area (Å²) in [5.41, 5.74) is 1.05. The van der Waals surface area contributed by atoms with Crippen molar-refractivity contribution >= 4 is 28.2 Å². The molecular weight excluding hydrogens is 378 g/mol. The molecule has 1 aliphatic rings. The molecule has 3 aromatic rings. The molecule has 2 aromatic carbocycles. The van der Waals surface area contributed by atoms with E-state index in [1.807, 2.05) is 0 Å². The average molecular weight is 393 g/mol. The van der Waals surface area contributed by atoms with E-state index < -0.39 is 17.7 Å². The fourth-order valence-electron chi connectivity index (χ4n) is 2.98. The summed E-state index contributed by atoms with van der Waals surface area (Å²) >= 11 is 6.19. The van der Waals surface area contributed by atoms with Crippen LogP contribution in [0.5, 0.6) is 11.5 Å². The zero-order valence-electron chi connectivity index (χ0n) is 14.0. The van der Waals surface area contributed by atoms with Gasteiger partial charge in [0, 0.05) is 29.9 Å². The number of nitrogens with zero attached hydrogens (tertiary/aromatic N) is 1. The van der Waals surface area contributed by atoms with Crippen LogP contribution in [-0.2, 0) is 0 Å². The van der Waals surface area contributed by atoms with E-state index in [-0.39, 0.29) is 12.1 Å². The van der Waals surface area contributed by atoms with E-state index in [4.69, 9.17) is 21.1 Å². The maximum absolute atomic E-state index is 13.9. The highest BCUT2D eigenvalue weighted by Gasteiger charge is 2.20. The summed E-state index contributed by atoms with van der Waals surface area (Å²) < 4.78 is 38.4. The molecule has 0 radical (unpaired) electrons. The number of pyridine rings is 1. The third kappa shape index (κ3) is 3.48. The summed E-state index contributed by atoms with van der Waals surface area (Å²) in [6.45, 7) is 0.910. The Labute approximate surface area is 158 Å². The SMILES string of the molecule is OC(CNc1ccnc2c(F)cc(F)cc12)c1cc(Cl)c2c(c1)OCCO2. The number of nitrogens with one attached hydrogen (secondary N) is 1. The summed E-state index contributed by atoms with van der Waals surface area (Å²) in [6.07, 6.45) is 0.485. The molecule has 0 aliphatic carbocycles. The average Bonchev–Trinajstić information content (AvgIpc) is 2.66. The van der Waals surface area contributed by atoms with Gasteiger partial charge in [-0.05, 0) is 29.8 Å². The maximum atomic E-state index is 13.9. The first-order chi connectivity index (χ1) is 13.0. The van der Waals surface area contributed by atoms with Crippen LogP contribution in [0.25, 0.3) is 10.9 Å². The lowest BCUT2D eigenvalue weighted by Crippen LogP contribution is -2.17. The second-order valence-electron chi connectivity index (χ2n) is 6.07. The topological polar surface area (TPSA) is 63.6 Å². The van der Waals surface area contributed by atoms with Crippen LogP contribution in [0.15, 0.2) is 36.5 Å². The van der Waals surface area contributed by atoms with Crippen LogP contribution in [0.1, 0.15) is 11.7 Å². The minimum atomic E-state index is -0.931. The lowest BCUT2D eigenvalue weighted by molar-refractivity contribution is 0.167. The molecule has 0 saturated heterocycles. The Balaban J connectivity index is 1.57. The lowest BCUT2D eigenvalue weighted by Gasteiger charge is -2.22. The molecule has 0 bridgehead atoms. The highest BCUT2D eigenvalue weighted by molar-refractivity contribution is 6.32. The third-order valence-electron chi connectivity index (χ3n) is 4.25. The number of ether oxygens (including phenoxy) is 2. The van der Waals surface area contributed by atoms with E-state index in [1.54, 1.807) is 18.2 Å². The van der Waals surface area contributed by atoms with Gasteiger partial charge in [0.25, 0.3) is 0 Å². The maximum Gasteiger partial charge on any atom is 0.179 e. The largest absolute Gasteiger partial charge is 0.486 e. The molecule has 5 nitrogen and oxygen atoms in total. The monoisotopic (exact) mass is 392 g/mol. The molecule has 1 atom stereocenters. The molecular formula is C19H15ClF2N2O3. The first-order valence-electron chi connectivity index (χ1n) is 8.27. The van der Waals surface area contributed by atoms with E-state index in [0.717, 1.165) is 6.07 Å². The molecule has 1 unspecified atom stereocenters. The van der Waals surface area contributed by atoms with Crippen molar-refractivity contribution < 1.29 is 23.4 Å². The molecule has 0 saturated carbocycles. The molecule has 4 rings (SSSR count). The quantitative estimate of drug-likeness (QED) is 0.700. The van der Waals surface area contributed by atoms with Gasteiger partial charge in [-0.2, -0.15) is 0 Å². The highest BCUT2D eigenvalue weighted by Crippen LogP contribution is 2.39. The van der Waals surface area contributed by atoms with Crippen molar-refractivity contribution in [3.63, 3.8) is 0 Å². The van der Waals surface area contributed by atoms with E-state index in [9.17, 15) is 13.9 Å². The first-order valence-corrected chi connectivity index (χ1v) is 8.65. The van der Waals surface area contributed by atoms with Gasteiger partial charge in [-0.1, -0.05) is 11.6 Å². The minimum Gasteiger partial charge on any atom is -0.486 e. The summed E-state index contributed by atoms with van der Waals surface area (Å²) in [6, 6.07) is 6.83. The third-order valence-corrected chi connectivity index (χ3v) is 4.53. The Kier molecular flexibility index (Phi) is 4.72. The van der Waals surface area contributed by atoms with Gasteiger partial charge in [-0.15, -0.1) is 0 Å². The summed E-state index contributed by atoms with van der Waals surface area (Å²) in [5.74, 6) is -0.512. The van der Waals surface area contributed by atoms with Gasteiger partial charge in [-0.3, -0.25) is 4.98 Å². The van der Waals surface area contributed by atoms with Crippen LogP contribution in [0.3, 0.4) is 0 Å². The fraction of sp³-hybridized carbons (Fsp3) is 0.211. The Morgan fingerprint density at radius 1 is 1.19 bits per heavy atom. The van der Waals surface area contributed by atoms with Crippen molar-refractivity contribution in [1.29, 1.82) is 0 Å². The first kappa shape index (κ1) is 17.8. The van der Waals surface area contributed by atoms with Crippen molar-refractivity contribution in [2.75, 3.05) is 25.1 Å². The van der Waals surface area contributed by atoms with E-state index in [0.29, 0.717) is 46.4 Å². The number of aromatic nitrogens is 1. The molecule has 0 spiro atoms. The number of aliphatic hydroxyl groups excluding tert-OH is 1. The smallest absolute Gasteiger partial charge is 0.179 e. The Bertz CT molecular complexity index is 1020. The zero-order valence-corrected chi connectivity index (χ0v) is 14.8. The molecule has 0 amide bonds. The van der Waals surface area contributed by atoms with Gasteiger partial charge in [0.05, 0.1) is 11.1 Å². The second-order valence-corrected chi connectivity index (χ2v) is 6.47. The molecule has 0 fully saturated rings.